The zero-order valence-corrected chi connectivity index (χ0v) is 16.9. The molecule has 1 saturated carbocycles. The summed E-state index contributed by atoms with van der Waals surface area (Å²) in [6, 6.07) is 12.2. The smallest absolute Gasteiger partial charge is 0.165 e. The highest BCUT2D eigenvalue weighted by Crippen LogP contribution is 2.39. The van der Waals surface area contributed by atoms with Crippen molar-refractivity contribution < 1.29 is 0 Å². The van der Waals surface area contributed by atoms with Gasteiger partial charge in [-0.1, -0.05) is 30.7 Å². The summed E-state index contributed by atoms with van der Waals surface area (Å²) in [5.41, 5.74) is 3.00. The van der Waals surface area contributed by atoms with Crippen LogP contribution in [0.5, 0.6) is 0 Å². The van der Waals surface area contributed by atoms with E-state index < -0.39 is 0 Å². The number of aromatic nitrogens is 4. The second-order valence-electron chi connectivity index (χ2n) is 7.63. The SMILES string of the molecule is CC(Cc1nnc(-c2cccnc2)n1C1CC1)C1=NCC(c2cccc(Cl)c2)=N1. The van der Waals surface area contributed by atoms with E-state index in [9.17, 15) is 0 Å². The standard InChI is InChI=1S/C22H21ClN6/c1-14(21-25-13-19(26-21)15-4-2-6-17(23)11-15)10-20-27-28-22(29(20)18-7-8-18)16-5-3-9-24-12-16/h2-6,9,11-12,14,18H,7-8,10,13H2,1H3. The Kier molecular flexibility index (Phi) is 4.72. The van der Waals surface area contributed by atoms with Crippen molar-refractivity contribution in [3.8, 4) is 11.4 Å². The van der Waals surface area contributed by atoms with Gasteiger partial charge in [-0.3, -0.25) is 9.98 Å². The summed E-state index contributed by atoms with van der Waals surface area (Å²) in [6.07, 6.45) is 6.72. The van der Waals surface area contributed by atoms with Crippen molar-refractivity contribution in [2.75, 3.05) is 6.54 Å². The fourth-order valence-corrected chi connectivity index (χ4v) is 3.88. The molecule has 146 valence electrons. The fourth-order valence-electron chi connectivity index (χ4n) is 3.69. The van der Waals surface area contributed by atoms with E-state index in [1.807, 2.05) is 42.6 Å². The van der Waals surface area contributed by atoms with Crippen LogP contribution in [-0.4, -0.2) is 37.8 Å². The average Bonchev–Trinajstić information content (AvgIpc) is 3.29. The topological polar surface area (TPSA) is 68.3 Å². The summed E-state index contributed by atoms with van der Waals surface area (Å²) in [7, 11) is 0. The summed E-state index contributed by atoms with van der Waals surface area (Å²) < 4.78 is 2.28. The average molecular weight is 405 g/mol. The normalized spacial score (nSPS) is 17.2. The molecule has 1 aromatic carbocycles. The minimum atomic E-state index is 0.162. The first-order chi connectivity index (χ1) is 14.2. The van der Waals surface area contributed by atoms with E-state index in [0.29, 0.717) is 17.6 Å². The lowest BCUT2D eigenvalue weighted by Gasteiger charge is -2.12. The number of benzene rings is 1. The molecule has 5 rings (SSSR count). The van der Waals surface area contributed by atoms with Crippen LogP contribution in [0.4, 0.5) is 0 Å². The van der Waals surface area contributed by atoms with E-state index in [4.69, 9.17) is 16.6 Å². The van der Waals surface area contributed by atoms with Crippen molar-refractivity contribution in [3.63, 3.8) is 0 Å². The van der Waals surface area contributed by atoms with Crippen molar-refractivity contribution in [2.24, 2.45) is 15.9 Å². The second-order valence-corrected chi connectivity index (χ2v) is 8.07. The molecule has 2 aliphatic rings. The Hall–Kier alpha value is -2.86. The highest BCUT2D eigenvalue weighted by molar-refractivity contribution is 6.31. The van der Waals surface area contributed by atoms with E-state index in [2.05, 4.69) is 31.7 Å². The summed E-state index contributed by atoms with van der Waals surface area (Å²) in [5, 5.41) is 9.72. The van der Waals surface area contributed by atoms with Crippen LogP contribution >= 0.6 is 11.6 Å². The van der Waals surface area contributed by atoms with Crippen LogP contribution in [0.25, 0.3) is 11.4 Å². The third kappa shape index (κ3) is 3.72. The first-order valence-electron chi connectivity index (χ1n) is 9.91. The molecule has 0 N–H and O–H groups in total. The van der Waals surface area contributed by atoms with E-state index in [-0.39, 0.29) is 5.92 Å². The number of pyridine rings is 1. The summed E-state index contributed by atoms with van der Waals surface area (Å²) in [5.74, 6) is 2.93. The van der Waals surface area contributed by atoms with E-state index in [1.165, 1.54) is 12.8 Å². The Labute approximate surface area is 174 Å². The molecule has 0 spiro atoms. The van der Waals surface area contributed by atoms with Gasteiger partial charge in [-0.2, -0.15) is 0 Å². The van der Waals surface area contributed by atoms with Gasteiger partial charge in [0.05, 0.1) is 12.3 Å². The predicted molar refractivity (Wildman–Crippen MR) is 115 cm³/mol. The van der Waals surface area contributed by atoms with Crippen LogP contribution in [0.1, 0.15) is 37.2 Å². The second kappa shape index (κ2) is 7.52. The molecule has 2 aromatic heterocycles. The number of nitrogens with zero attached hydrogens (tertiary/aromatic N) is 6. The molecule has 29 heavy (non-hydrogen) atoms. The van der Waals surface area contributed by atoms with E-state index in [0.717, 1.165) is 40.7 Å². The lowest BCUT2D eigenvalue weighted by Crippen LogP contribution is -2.14. The zero-order valence-electron chi connectivity index (χ0n) is 16.2. The fraction of sp³-hybridized carbons (Fsp3) is 0.318. The maximum absolute atomic E-state index is 6.12. The van der Waals surface area contributed by atoms with Crippen molar-refractivity contribution in [1.29, 1.82) is 0 Å². The molecule has 1 unspecified atom stereocenters. The Morgan fingerprint density at radius 3 is 2.76 bits per heavy atom. The van der Waals surface area contributed by atoms with Gasteiger partial charge in [0.2, 0.25) is 0 Å². The molecule has 1 atom stereocenters. The molecule has 1 fully saturated rings. The van der Waals surface area contributed by atoms with Gasteiger partial charge >= 0.3 is 0 Å². The van der Waals surface area contributed by atoms with Crippen LogP contribution in [-0.2, 0) is 6.42 Å². The molecule has 3 heterocycles. The molecule has 1 aliphatic carbocycles. The Bertz CT molecular complexity index is 1100. The lowest BCUT2D eigenvalue weighted by atomic mass is 10.1. The van der Waals surface area contributed by atoms with Gasteiger partial charge in [-0.25, -0.2) is 4.99 Å². The summed E-state index contributed by atoms with van der Waals surface area (Å²) in [6.45, 7) is 2.75. The molecule has 0 saturated heterocycles. The molecule has 7 heteroatoms. The van der Waals surface area contributed by atoms with Crippen LogP contribution in [0.15, 0.2) is 58.8 Å². The highest BCUT2D eigenvalue weighted by Gasteiger charge is 2.31. The Morgan fingerprint density at radius 2 is 2.00 bits per heavy atom. The molecule has 0 amide bonds. The first kappa shape index (κ1) is 18.2. The third-order valence-electron chi connectivity index (χ3n) is 5.33. The van der Waals surface area contributed by atoms with Crippen molar-refractivity contribution >= 4 is 23.1 Å². The number of halogens is 1. The lowest BCUT2D eigenvalue weighted by molar-refractivity contribution is 0.634. The van der Waals surface area contributed by atoms with Gasteiger partial charge in [0.15, 0.2) is 5.82 Å². The number of hydrogen-bond donors (Lipinski definition) is 0. The molecule has 6 nitrogen and oxygen atoms in total. The Morgan fingerprint density at radius 1 is 1.14 bits per heavy atom. The number of aliphatic imine (C=N–C) groups is 2. The van der Waals surface area contributed by atoms with E-state index in [1.54, 1.807) is 6.20 Å². The molecule has 0 bridgehead atoms. The van der Waals surface area contributed by atoms with Crippen molar-refractivity contribution in [3.05, 3.63) is 65.2 Å². The number of amidine groups is 1. The highest BCUT2D eigenvalue weighted by atomic mass is 35.5. The van der Waals surface area contributed by atoms with Gasteiger partial charge in [-0.05, 0) is 42.7 Å². The van der Waals surface area contributed by atoms with Crippen LogP contribution in [0.2, 0.25) is 5.02 Å². The number of hydrogen-bond acceptors (Lipinski definition) is 5. The summed E-state index contributed by atoms with van der Waals surface area (Å²) >= 11 is 6.12. The third-order valence-corrected chi connectivity index (χ3v) is 5.56. The van der Waals surface area contributed by atoms with Gasteiger partial charge in [-0.15, -0.1) is 10.2 Å². The van der Waals surface area contributed by atoms with Crippen LogP contribution in [0.3, 0.4) is 0 Å². The van der Waals surface area contributed by atoms with E-state index >= 15 is 0 Å². The Balaban J connectivity index is 1.38. The first-order valence-corrected chi connectivity index (χ1v) is 10.3. The molecule has 0 radical (unpaired) electrons. The molecule has 1 aliphatic heterocycles. The minimum Gasteiger partial charge on any atom is -0.308 e. The van der Waals surface area contributed by atoms with Crippen LogP contribution < -0.4 is 0 Å². The molecule has 3 aromatic rings. The minimum absolute atomic E-state index is 0.162. The zero-order chi connectivity index (χ0) is 19.8. The van der Waals surface area contributed by atoms with Gasteiger partial charge < -0.3 is 4.57 Å². The largest absolute Gasteiger partial charge is 0.308 e. The number of rotatable bonds is 6. The van der Waals surface area contributed by atoms with Crippen molar-refractivity contribution in [1.82, 2.24) is 19.7 Å². The molecular formula is C22H21ClN6. The van der Waals surface area contributed by atoms with Crippen molar-refractivity contribution in [2.45, 2.75) is 32.2 Å². The van der Waals surface area contributed by atoms with Gasteiger partial charge in [0.1, 0.15) is 11.7 Å². The summed E-state index contributed by atoms with van der Waals surface area (Å²) in [4.78, 5) is 13.7. The quantitative estimate of drug-likeness (QED) is 0.611. The molecular weight excluding hydrogens is 384 g/mol. The van der Waals surface area contributed by atoms with Gasteiger partial charge in [0.25, 0.3) is 0 Å². The monoisotopic (exact) mass is 404 g/mol. The predicted octanol–water partition coefficient (Wildman–Crippen LogP) is 4.41. The maximum Gasteiger partial charge on any atom is 0.165 e. The van der Waals surface area contributed by atoms with Gasteiger partial charge in [0, 0.05) is 41.4 Å². The maximum atomic E-state index is 6.12. The van der Waals surface area contributed by atoms with Crippen LogP contribution in [0, 0.1) is 5.92 Å².